The van der Waals surface area contributed by atoms with Gasteiger partial charge in [0.25, 0.3) is 0 Å². The van der Waals surface area contributed by atoms with Crippen molar-refractivity contribution in [1.29, 1.82) is 0 Å². The highest BCUT2D eigenvalue weighted by molar-refractivity contribution is 5.34. The van der Waals surface area contributed by atoms with E-state index in [0.29, 0.717) is 5.92 Å². The van der Waals surface area contributed by atoms with E-state index in [1.165, 1.54) is 16.7 Å². The summed E-state index contributed by atoms with van der Waals surface area (Å²) in [7, 11) is 0. The van der Waals surface area contributed by atoms with Gasteiger partial charge in [0.05, 0.1) is 0 Å². The molecule has 0 fully saturated rings. The van der Waals surface area contributed by atoms with Crippen LogP contribution in [0.4, 0.5) is 0 Å². The first-order valence-electron chi connectivity index (χ1n) is 6.52. The molecule has 1 aliphatic carbocycles. The second kappa shape index (κ2) is 7.11. The predicted molar refractivity (Wildman–Crippen MR) is 76.9 cm³/mol. The minimum atomic E-state index is 0.579. The molecule has 0 saturated carbocycles. The molecule has 2 rings (SSSR count). The van der Waals surface area contributed by atoms with E-state index >= 15 is 0 Å². The predicted octanol–water partition coefficient (Wildman–Crippen LogP) is 4.90. The highest BCUT2D eigenvalue weighted by atomic mass is 14.1. The average Bonchev–Trinajstić information content (AvgIpc) is 2.31. The number of hydrogen-bond donors (Lipinski definition) is 0. The highest BCUT2D eigenvalue weighted by Crippen LogP contribution is 2.19. The molecule has 0 aromatic heterocycles. The van der Waals surface area contributed by atoms with E-state index in [0.717, 1.165) is 6.42 Å². The van der Waals surface area contributed by atoms with Gasteiger partial charge in [0.2, 0.25) is 0 Å². The van der Waals surface area contributed by atoms with E-state index in [9.17, 15) is 0 Å². The third-order valence-electron chi connectivity index (χ3n) is 2.69. The minimum Gasteiger partial charge on any atom is -0.0800 e. The molecule has 0 spiro atoms. The van der Waals surface area contributed by atoms with Gasteiger partial charge in [-0.15, -0.1) is 0 Å². The average molecular weight is 227 g/mol. The smallest absolute Gasteiger partial charge is 0.00288 e. The van der Waals surface area contributed by atoms with Gasteiger partial charge < -0.3 is 0 Å². The van der Waals surface area contributed by atoms with Crippen LogP contribution in [-0.2, 0) is 6.42 Å². The van der Waals surface area contributed by atoms with Crippen LogP contribution in [0, 0.1) is 19.3 Å². The Labute approximate surface area is 106 Å². The largest absolute Gasteiger partial charge is 0.0800 e. The number of hydrogen-bond acceptors (Lipinski definition) is 0. The van der Waals surface area contributed by atoms with Crippen LogP contribution in [0.5, 0.6) is 0 Å². The first-order chi connectivity index (χ1) is 8.24. The van der Waals surface area contributed by atoms with Crippen molar-refractivity contribution in [3.8, 4) is 0 Å². The van der Waals surface area contributed by atoms with Gasteiger partial charge >= 0.3 is 0 Å². The molecule has 1 aromatic carbocycles. The fourth-order valence-electron chi connectivity index (χ4n) is 1.98. The van der Waals surface area contributed by atoms with E-state index in [2.05, 4.69) is 62.8 Å². The first-order valence-corrected chi connectivity index (χ1v) is 6.52. The molecule has 1 unspecified atom stereocenters. The SMILES string of the molecule is CC.Cc1cccc(CC2=CC(C)[CH]C=C2)c1. The summed E-state index contributed by atoms with van der Waals surface area (Å²) in [4.78, 5) is 0. The lowest BCUT2D eigenvalue weighted by Gasteiger charge is -2.12. The van der Waals surface area contributed by atoms with Crippen LogP contribution in [0.1, 0.15) is 31.9 Å². The van der Waals surface area contributed by atoms with Crippen molar-refractivity contribution in [3.63, 3.8) is 0 Å². The molecule has 0 heterocycles. The zero-order valence-electron chi connectivity index (χ0n) is 11.4. The van der Waals surface area contributed by atoms with Crippen LogP contribution in [0.3, 0.4) is 0 Å². The van der Waals surface area contributed by atoms with E-state index in [1.807, 2.05) is 13.8 Å². The Kier molecular flexibility index (Phi) is 5.76. The third-order valence-corrected chi connectivity index (χ3v) is 2.69. The number of aryl methyl sites for hydroxylation is 1. The molecule has 0 heteroatoms. The maximum atomic E-state index is 2.34. The van der Waals surface area contributed by atoms with Gasteiger partial charge in [0.15, 0.2) is 0 Å². The van der Waals surface area contributed by atoms with Crippen LogP contribution in [0.2, 0.25) is 0 Å². The topological polar surface area (TPSA) is 0 Å². The third kappa shape index (κ3) is 4.60. The van der Waals surface area contributed by atoms with Gasteiger partial charge in [-0.2, -0.15) is 0 Å². The summed E-state index contributed by atoms with van der Waals surface area (Å²) in [6, 6.07) is 8.74. The zero-order valence-corrected chi connectivity index (χ0v) is 11.4. The Morgan fingerprint density at radius 3 is 2.59 bits per heavy atom. The summed E-state index contributed by atoms with van der Waals surface area (Å²) in [5.74, 6) is 0.579. The molecule has 1 aliphatic rings. The van der Waals surface area contributed by atoms with Crippen LogP contribution in [0.25, 0.3) is 0 Å². The molecule has 1 aromatic rings. The van der Waals surface area contributed by atoms with E-state index < -0.39 is 0 Å². The van der Waals surface area contributed by atoms with Crippen molar-refractivity contribution in [3.05, 3.63) is 65.6 Å². The summed E-state index contributed by atoms with van der Waals surface area (Å²) >= 11 is 0. The second-order valence-electron chi connectivity index (χ2n) is 4.32. The van der Waals surface area contributed by atoms with Gasteiger partial charge in [0, 0.05) is 0 Å². The summed E-state index contributed by atoms with van der Waals surface area (Å²) in [6.07, 6.45) is 9.98. The van der Waals surface area contributed by atoms with Gasteiger partial charge in [0.1, 0.15) is 0 Å². The molecule has 0 amide bonds. The lowest BCUT2D eigenvalue weighted by atomic mass is 9.94. The molecule has 91 valence electrons. The Hall–Kier alpha value is -1.30. The van der Waals surface area contributed by atoms with Gasteiger partial charge in [-0.05, 0) is 36.8 Å². The van der Waals surface area contributed by atoms with Crippen molar-refractivity contribution in [2.24, 2.45) is 5.92 Å². The molecule has 0 bridgehead atoms. The quantitative estimate of drug-likeness (QED) is 0.674. The van der Waals surface area contributed by atoms with E-state index in [4.69, 9.17) is 0 Å². The Bertz CT molecular complexity index is 396. The molecule has 0 aliphatic heterocycles. The summed E-state index contributed by atoms with van der Waals surface area (Å²) in [5.41, 5.74) is 4.17. The standard InChI is InChI=1S/C15H17.C2H6/c1-12-5-3-7-14(9-12)11-15-8-4-6-13(2)10-15;1-2/h3-10,12H,11H2,1-2H3;1-2H3. The minimum absolute atomic E-state index is 0.579. The fraction of sp³-hybridized carbons (Fsp3) is 0.353. The van der Waals surface area contributed by atoms with E-state index in [1.54, 1.807) is 0 Å². The number of rotatable bonds is 2. The molecule has 0 nitrogen and oxygen atoms in total. The Morgan fingerprint density at radius 2 is 1.94 bits per heavy atom. The maximum absolute atomic E-state index is 2.34. The molecule has 0 saturated heterocycles. The second-order valence-corrected chi connectivity index (χ2v) is 4.32. The first kappa shape index (κ1) is 13.8. The Balaban J connectivity index is 0.000000686. The number of allylic oxidation sites excluding steroid dienone is 4. The molecular formula is C17H23. The van der Waals surface area contributed by atoms with Gasteiger partial charge in [-0.3, -0.25) is 0 Å². The van der Waals surface area contributed by atoms with Crippen molar-refractivity contribution in [1.82, 2.24) is 0 Å². The highest BCUT2D eigenvalue weighted by Gasteiger charge is 2.05. The normalized spacial score (nSPS) is 18.1. The molecular weight excluding hydrogens is 204 g/mol. The van der Waals surface area contributed by atoms with Crippen molar-refractivity contribution in [2.75, 3.05) is 0 Å². The summed E-state index contributed by atoms with van der Waals surface area (Å²) < 4.78 is 0. The van der Waals surface area contributed by atoms with Crippen LogP contribution >= 0.6 is 0 Å². The van der Waals surface area contributed by atoms with Crippen LogP contribution in [0.15, 0.2) is 48.1 Å². The van der Waals surface area contributed by atoms with Gasteiger partial charge in [-0.25, -0.2) is 0 Å². The summed E-state index contributed by atoms with van der Waals surface area (Å²) in [6.45, 7) is 8.37. The van der Waals surface area contributed by atoms with Crippen LogP contribution < -0.4 is 0 Å². The van der Waals surface area contributed by atoms with Gasteiger partial charge in [-0.1, -0.05) is 68.8 Å². The van der Waals surface area contributed by atoms with Crippen molar-refractivity contribution < 1.29 is 0 Å². The molecule has 1 atom stereocenters. The van der Waals surface area contributed by atoms with E-state index in [-0.39, 0.29) is 0 Å². The number of benzene rings is 1. The molecule has 0 N–H and O–H groups in total. The molecule has 1 radical (unpaired) electrons. The summed E-state index contributed by atoms with van der Waals surface area (Å²) in [5, 5.41) is 0. The Morgan fingerprint density at radius 1 is 1.18 bits per heavy atom. The van der Waals surface area contributed by atoms with Crippen molar-refractivity contribution in [2.45, 2.75) is 34.1 Å². The fourth-order valence-corrected chi connectivity index (χ4v) is 1.98. The molecule has 17 heavy (non-hydrogen) atoms. The van der Waals surface area contributed by atoms with Crippen LogP contribution in [-0.4, -0.2) is 0 Å². The van der Waals surface area contributed by atoms with Crippen molar-refractivity contribution >= 4 is 0 Å². The maximum Gasteiger partial charge on any atom is -0.00288 e. The lowest BCUT2D eigenvalue weighted by molar-refractivity contribution is 0.858. The zero-order chi connectivity index (χ0) is 12.7. The monoisotopic (exact) mass is 227 g/mol. The lowest BCUT2D eigenvalue weighted by Crippen LogP contribution is -1.98.